The van der Waals surface area contributed by atoms with E-state index in [9.17, 15) is 9.59 Å². The van der Waals surface area contributed by atoms with Crippen molar-refractivity contribution < 1.29 is 0 Å². The molecule has 0 aliphatic heterocycles. The van der Waals surface area contributed by atoms with E-state index in [2.05, 4.69) is 4.98 Å². The lowest BCUT2D eigenvalue weighted by Gasteiger charge is -2.05. The molecule has 0 radical (unpaired) electrons. The second-order valence-electron chi connectivity index (χ2n) is 4.03. The Balaban J connectivity index is 2.51. The molecule has 94 valence electrons. The lowest BCUT2D eigenvalue weighted by Crippen LogP contribution is -2.35. The fourth-order valence-corrected chi connectivity index (χ4v) is 1.87. The summed E-state index contributed by atoms with van der Waals surface area (Å²) >= 11 is 5.54. The highest BCUT2D eigenvalue weighted by molar-refractivity contribution is 6.17. The molecule has 0 fully saturated rings. The van der Waals surface area contributed by atoms with Crippen molar-refractivity contribution in [1.82, 2.24) is 9.55 Å². The Kier molecular flexibility index (Phi) is 3.67. The van der Waals surface area contributed by atoms with Crippen LogP contribution in [0, 0.1) is 6.92 Å². The lowest BCUT2D eigenvalue weighted by molar-refractivity contribution is 0.678. The Morgan fingerprint density at radius 1 is 1.22 bits per heavy atom. The van der Waals surface area contributed by atoms with Gasteiger partial charge in [-0.3, -0.25) is 9.36 Å². The van der Waals surface area contributed by atoms with Crippen LogP contribution in [0.15, 0.2) is 39.9 Å². The zero-order valence-electron chi connectivity index (χ0n) is 9.94. The van der Waals surface area contributed by atoms with Crippen molar-refractivity contribution in [2.45, 2.75) is 13.5 Å². The number of aromatic nitrogens is 2. The van der Waals surface area contributed by atoms with Crippen LogP contribution in [0.5, 0.6) is 0 Å². The second-order valence-corrected chi connectivity index (χ2v) is 4.41. The van der Waals surface area contributed by atoms with Crippen LogP contribution in [0.3, 0.4) is 0 Å². The molecule has 0 aliphatic rings. The zero-order valence-corrected chi connectivity index (χ0v) is 10.7. The average Bonchev–Trinajstić information content (AvgIpc) is 2.34. The number of benzene rings is 1. The summed E-state index contributed by atoms with van der Waals surface area (Å²) in [5.41, 5.74) is 1.69. The number of hydrogen-bond acceptors (Lipinski definition) is 2. The van der Waals surface area contributed by atoms with Crippen LogP contribution in [0.1, 0.15) is 5.56 Å². The van der Waals surface area contributed by atoms with Gasteiger partial charge in [-0.05, 0) is 12.5 Å². The Morgan fingerprint density at radius 2 is 1.89 bits per heavy atom. The predicted molar refractivity (Wildman–Crippen MR) is 72.2 cm³/mol. The van der Waals surface area contributed by atoms with E-state index >= 15 is 0 Å². The van der Waals surface area contributed by atoms with Crippen molar-refractivity contribution in [3.05, 3.63) is 56.7 Å². The smallest absolute Gasteiger partial charge is 0.307 e. The largest absolute Gasteiger partial charge is 0.328 e. The first-order chi connectivity index (χ1) is 8.61. The first kappa shape index (κ1) is 12.6. The number of nitrogens with one attached hydrogen (secondary N) is 1. The van der Waals surface area contributed by atoms with Gasteiger partial charge in [-0.2, -0.15) is 0 Å². The van der Waals surface area contributed by atoms with E-state index in [1.54, 1.807) is 0 Å². The molecule has 0 saturated carbocycles. The molecule has 0 atom stereocenters. The van der Waals surface area contributed by atoms with Crippen molar-refractivity contribution in [3.8, 4) is 11.3 Å². The molecule has 5 heteroatoms. The Hall–Kier alpha value is -1.81. The van der Waals surface area contributed by atoms with Gasteiger partial charge in [-0.1, -0.05) is 29.8 Å². The van der Waals surface area contributed by atoms with Gasteiger partial charge in [0.1, 0.15) is 0 Å². The summed E-state index contributed by atoms with van der Waals surface area (Å²) in [6.45, 7) is 2.19. The molecule has 4 nitrogen and oxygen atoms in total. The minimum Gasteiger partial charge on any atom is -0.307 e. The fraction of sp³-hybridized carbons (Fsp3) is 0.231. The molecule has 0 saturated heterocycles. The summed E-state index contributed by atoms with van der Waals surface area (Å²) in [5, 5.41) is 0. The zero-order chi connectivity index (χ0) is 13.1. The summed E-state index contributed by atoms with van der Waals surface area (Å²) in [5.74, 6) is 0.229. The van der Waals surface area contributed by atoms with Crippen LogP contribution >= 0.6 is 11.6 Å². The second kappa shape index (κ2) is 5.23. The third-order valence-electron chi connectivity index (χ3n) is 2.69. The maximum Gasteiger partial charge on any atom is 0.328 e. The van der Waals surface area contributed by atoms with E-state index in [4.69, 9.17) is 11.6 Å². The quantitative estimate of drug-likeness (QED) is 0.859. The van der Waals surface area contributed by atoms with Crippen molar-refractivity contribution in [2.75, 3.05) is 5.88 Å². The third kappa shape index (κ3) is 2.54. The molecule has 18 heavy (non-hydrogen) atoms. The molecule has 0 amide bonds. The number of hydrogen-bond donors (Lipinski definition) is 1. The topological polar surface area (TPSA) is 54.9 Å². The first-order valence-electron chi connectivity index (χ1n) is 5.59. The molecule has 0 spiro atoms. The van der Waals surface area contributed by atoms with Gasteiger partial charge in [-0.25, -0.2) is 4.79 Å². The van der Waals surface area contributed by atoms with E-state index in [1.165, 1.54) is 6.07 Å². The maximum atomic E-state index is 11.8. The van der Waals surface area contributed by atoms with Gasteiger partial charge < -0.3 is 4.98 Å². The molecular formula is C13H13ClN2O2. The normalized spacial score (nSPS) is 10.6. The Morgan fingerprint density at radius 3 is 2.44 bits per heavy atom. The molecule has 1 aromatic heterocycles. The highest BCUT2D eigenvalue weighted by Crippen LogP contribution is 2.14. The Bertz CT molecular complexity index is 625. The summed E-state index contributed by atoms with van der Waals surface area (Å²) < 4.78 is 1.09. The number of aryl methyl sites for hydroxylation is 1. The van der Waals surface area contributed by atoms with Crippen LogP contribution < -0.4 is 11.2 Å². The molecule has 1 aromatic carbocycles. The highest BCUT2D eigenvalue weighted by Gasteiger charge is 2.05. The molecular weight excluding hydrogens is 252 g/mol. The van der Waals surface area contributed by atoms with Crippen molar-refractivity contribution >= 4 is 11.6 Å². The van der Waals surface area contributed by atoms with Gasteiger partial charge in [0.05, 0.1) is 5.69 Å². The van der Waals surface area contributed by atoms with Crippen LogP contribution in [0.25, 0.3) is 11.3 Å². The number of rotatable bonds is 3. The van der Waals surface area contributed by atoms with Crippen LogP contribution in [0.2, 0.25) is 0 Å². The van der Waals surface area contributed by atoms with Crippen LogP contribution in [-0.2, 0) is 6.54 Å². The first-order valence-corrected chi connectivity index (χ1v) is 6.12. The van der Waals surface area contributed by atoms with E-state index in [0.717, 1.165) is 15.7 Å². The molecule has 0 bridgehead atoms. The highest BCUT2D eigenvalue weighted by atomic mass is 35.5. The summed E-state index contributed by atoms with van der Waals surface area (Å²) in [7, 11) is 0. The van der Waals surface area contributed by atoms with Gasteiger partial charge in [0.2, 0.25) is 0 Å². The number of aromatic amines is 1. The predicted octanol–water partition coefficient (Wildman–Crippen LogP) is 1.75. The molecule has 2 aromatic rings. The number of alkyl halides is 1. The average molecular weight is 265 g/mol. The SMILES string of the molecule is Cc1ccc(-c2cc(=O)n(CCCl)c(=O)[nH]2)cc1. The van der Waals surface area contributed by atoms with Crippen LogP contribution in [0.4, 0.5) is 0 Å². The maximum absolute atomic E-state index is 11.8. The number of nitrogens with zero attached hydrogens (tertiary/aromatic N) is 1. The van der Waals surface area contributed by atoms with Gasteiger partial charge in [0.25, 0.3) is 5.56 Å². The lowest BCUT2D eigenvalue weighted by atomic mass is 10.1. The molecule has 0 aliphatic carbocycles. The van der Waals surface area contributed by atoms with Gasteiger partial charge in [0.15, 0.2) is 0 Å². The van der Waals surface area contributed by atoms with E-state index in [-0.39, 0.29) is 18.0 Å². The van der Waals surface area contributed by atoms with Crippen molar-refractivity contribution in [2.24, 2.45) is 0 Å². The van der Waals surface area contributed by atoms with Gasteiger partial charge in [0, 0.05) is 18.5 Å². The Labute approximate surface area is 109 Å². The monoisotopic (exact) mass is 264 g/mol. The minimum absolute atomic E-state index is 0.212. The summed E-state index contributed by atoms with van der Waals surface area (Å²) in [6, 6.07) is 9.01. The summed E-state index contributed by atoms with van der Waals surface area (Å²) in [4.78, 5) is 26.2. The molecule has 1 N–H and O–H groups in total. The summed E-state index contributed by atoms with van der Waals surface area (Å²) in [6.07, 6.45) is 0. The van der Waals surface area contributed by atoms with Gasteiger partial charge >= 0.3 is 5.69 Å². The van der Waals surface area contributed by atoms with E-state index in [1.807, 2.05) is 31.2 Å². The fourth-order valence-electron chi connectivity index (χ4n) is 1.71. The molecule has 1 heterocycles. The number of H-pyrrole nitrogens is 1. The third-order valence-corrected chi connectivity index (χ3v) is 2.86. The van der Waals surface area contributed by atoms with Crippen molar-refractivity contribution in [3.63, 3.8) is 0 Å². The van der Waals surface area contributed by atoms with Crippen LogP contribution in [-0.4, -0.2) is 15.4 Å². The minimum atomic E-state index is -0.432. The van der Waals surface area contributed by atoms with Crippen molar-refractivity contribution in [1.29, 1.82) is 0 Å². The van der Waals surface area contributed by atoms with E-state index in [0.29, 0.717) is 5.69 Å². The van der Waals surface area contributed by atoms with Gasteiger partial charge in [-0.15, -0.1) is 11.6 Å². The standard InChI is InChI=1S/C13H13ClN2O2/c1-9-2-4-10(5-3-9)11-8-12(17)16(7-6-14)13(18)15-11/h2-5,8H,6-7H2,1H3,(H,15,18). The van der Waals surface area contributed by atoms with E-state index < -0.39 is 5.69 Å². The number of halogens is 1. The molecule has 0 unspecified atom stereocenters. The molecule has 2 rings (SSSR count).